The van der Waals surface area contributed by atoms with Crippen molar-refractivity contribution in [3.8, 4) is 0 Å². The van der Waals surface area contributed by atoms with Gasteiger partial charge >= 0.3 is 12.0 Å². The SMILES string of the molecule is CSCCCNC(=O)N(CCC(=O)O)c1ccc(C)cc1. The van der Waals surface area contributed by atoms with E-state index in [-0.39, 0.29) is 19.0 Å². The molecule has 0 aliphatic carbocycles. The summed E-state index contributed by atoms with van der Waals surface area (Å²) in [4.78, 5) is 24.4. The number of hydrogen-bond acceptors (Lipinski definition) is 3. The second-order valence-electron chi connectivity index (χ2n) is 4.71. The van der Waals surface area contributed by atoms with Crippen molar-refractivity contribution >= 4 is 29.4 Å². The maximum absolute atomic E-state index is 12.2. The van der Waals surface area contributed by atoms with E-state index in [4.69, 9.17) is 5.11 Å². The van der Waals surface area contributed by atoms with E-state index >= 15 is 0 Å². The van der Waals surface area contributed by atoms with Gasteiger partial charge in [0.25, 0.3) is 0 Å². The fourth-order valence-electron chi connectivity index (χ4n) is 1.79. The Labute approximate surface area is 129 Å². The van der Waals surface area contributed by atoms with Gasteiger partial charge in [-0.25, -0.2) is 4.79 Å². The number of aryl methyl sites for hydroxylation is 1. The summed E-state index contributed by atoms with van der Waals surface area (Å²) in [6, 6.07) is 7.23. The smallest absolute Gasteiger partial charge is 0.321 e. The third-order valence-electron chi connectivity index (χ3n) is 2.94. The molecule has 0 saturated heterocycles. The van der Waals surface area contributed by atoms with Crippen molar-refractivity contribution in [1.82, 2.24) is 5.32 Å². The maximum atomic E-state index is 12.2. The van der Waals surface area contributed by atoms with Gasteiger partial charge in [-0.05, 0) is 37.5 Å². The van der Waals surface area contributed by atoms with E-state index in [0.717, 1.165) is 17.7 Å². The molecule has 2 N–H and O–H groups in total. The molecular weight excluding hydrogens is 288 g/mol. The molecule has 5 nitrogen and oxygen atoms in total. The maximum Gasteiger partial charge on any atom is 0.321 e. The summed E-state index contributed by atoms with van der Waals surface area (Å²) < 4.78 is 0. The molecule has 116 valence electrons. The number of benzene rings is 1. The Morgan fingerprint density at radius 1 is 1.29 bits per heavy atom. The van der Waals surface area contributed by atoms with E-state index in [1.54, 1.807) is 11.8 Å². The van der Waals surface area contributed by atoms with E-state index in [0.29, 0.717) is 12.2 Å². The number of aliphatic carboxylic acids is 1. The molecular formula is C15H22N2O3S. The van der Waals surface area contributed by atoms with Crippen molar-refractivity contribution in [3.63, 3.8) is 0 Å². The number of carboxylic acid groups (broad SMARTS) is 1. The second-order valence-corrected chi connectivity index (χ2v) is 5.69. The first kappa shape index (κ1) is 17.4. The predicted octanol–water partition coefficient (Wildman–Crippen LogP) is 2.74. The Morgan fingerprint density at radius 2 is 1.95 bits per heavy atom. The highest BCUT2D eigenvalue weighted by Gasteiger charge is 2.16. The molecule has 21 heavy (non-hydrogen) atoms. The number of carboxylic acids is 1. The van der Waals surface area contributed by atoms with Gasteiger partial charge in [0.2, 0.25) is 0 Å². The number of nitrogens with one attached hydrogen (secondary N) is 1. The van der Waals surface area contributed by atoms with Crippen LogP contribution in [0.1, 0.15) is 18.4 Å². The van der Waals surface area contributed by atoms with Crippen LogP contribution in [0.25, 0.3) is 0 Å². The normalized spacial score (nSPS) is 10.2. The number of carbonyl (C=O) groups excluding carboxylic acids is 1. The molecule has 1 aromatic carbocycles. The minimum absolute atomic E-state index is 0.0773. The van der Waals surface area contributed by atoms with E-state index in [1.807, 2.05) is 37.4 Å². The highest BCUT2D eigenvalue weighted by atomic mass is 32.2. The first-order valence-corrected chi connectivity index (χ1v) is 8.26. The predicted molar refractivity (Wildman–Crippen MR) is 87.2 cm³/mol. The third-order valence-corrected chi connectivity index (χ3v) is 3.64. The highest BCUT2D eigenvalue weighted by Crippen LogP contribution is 2.15. The molecule has 0 aromatic heterocycles. The van der Waals surface area contributed by atoms with Crippen LogP contribution in [0.3, 0.4) is 0 Å². The standard InChI is InChI=1S/C15H22N2O3S/c1-12-4-6-13(7-5-12)17(10-8-14(18)19)15(20)16-9-3-11-21-2/h4-7H,3,8-11H2,1-2H3,(H,16,20)(H,18,19). The number of nitrogens with zero attached hydrogens (tertiary/aromatic N) is 1. The van der Waals surface area contributed by atoms with Crippen LogP contribution in [-0.4, -0.2) is 42.2 Å². The number of hydrogen-bond donors (Lipinski definition) is 2. The van der Waals surface area contributed by atoms with Crippen molar-refractivity contribution in [1.29, 1.82) is 0 Å². The minimum Gasteiger partial charge on any atom is -0.481 e. The van der Waals surface area contributed by atoms with Crippen LogP contribution in [0.2, 0.25) is 0 Å². The summed E-state index contributed by atoms with van der Waals surface area (Å²) in [7, 11) is 0. The van der Waals surface area contributed by atoms with Crippen LogP contribution in [0.4, 0.5) is 10.5 Å². The number of rotatable bonds is 8. The molecule has 0 saturated carbocycles. The zero-order chi connectivity index (χ0) is 15.7. The minimum atomic E-state index is -0.915. The number of amides is 2. The molecule has 1 aromatic rings. The molecule has 2 amide bonds. The van der Waals surface area contributed by atoms with Crippen LogP contribution in [0.15, 0.2) is 24.3 Å². The number of anilines is 1. The van der Waals surface area contributed by atoms with Gasteiger partial charge in [-0.2, -0.15) is 11.8 Å². The van der Waals surface area contributed by atoms with E-state index in [9.17, 15) is 9.59 Å². The van der Waals surface area contributed by atoms with Crippen molar-refractivity contribution in [2.75, 3.05) is 30.0 Å². The molecule has 0 atom stereocenters. The topological polar surface area (TPSA) is 69.6 Å². The summed E-state index contributed by atoms with van der Waals surface area (Å²) in [5, 5.41) is 11.7. The third kappa shape index (κ3) is 6.53. The van der Waals surface area contributed by atoms with Gasteiger partial charge in [-0.15, -0.1) is 0 Å². The van der Waals surface area contributed by atoms with Gasteiger partial charge in [0.1, 0.15) is 0 Å². The fraction of sp³-hybridized carbons (Fsp3) is 0.467. The van der Waals surface area contributed by atoms with Crippen LogP contribution in [0.5, 0.6) is 0 Å². The summed E-state index contributed by atoms with van der Waals surface area (Å²) in [5.41, 5.74) is 1.81. The van der Waals surface area contributed by atoms with Gasteiger partial charge in [-0.3, -0.25) is 9.69 Å². The first-order chi connectivity index (χ1) is 10.0. The Bertz CT molecular complexity index is 462. The Balaban J connectivity index is 2.69. The Hall–Kier alpha value is -1.69. The van der Waals surface area contributed by atoms with Crippen molar-refractivity contribution < 1.29 is 14.7 Å². The lowest BCUT2D eigenvalue weighted by Gasteiger charge is -2.22. The molecule has 0 aliphatic rings. The summed E-state index contributed by atoms with van der Waals surface area (Å²) >= 11 is 1.73. The number of urea groups is 1. The molecule has 1 rings (SSSR count). The molecule has 0 aliphatic heterocycles. The number of thioether (sulfide) groups is 1. The fourth-order valence-corrected chi connectivity index (χ4v) is 2.22. The molecule has 0 fully saturated rings. The summed E-state index contributed by atoms with van der Waals surface area (Å²) in [6.45, 7) is 2.72. The van der Waals surface area contributed by atoms with E-state index in [2.05, 4.69) is 5.32 Å². The van der Waals surface area contributed by atoms with E-state index < -0.39 is 5.97 Å². The zero-order valence-corrected chi connectivity index (χ0v) is 13.3. The lowest BCUT2D eigenvalue weighted by atomic mass is 10.2. The summed E-state index contributed by atoms with van der Waals surface area (Å²) in [6.07, 6.45) is 2.84. The van der Waals surface area contributed by atoms with Crippen molar-refractivity contribution in [2.45, 2.75) is 19.8 Å². The second kappa shape index (κ2) is 9.28. The van der Waals surface area contributed by atoms with Crippen LogP contribution in [-0.2, 0) is 4.79 Å². The first-order valence-electron chi connectivity index (χ1n) is 6.87. The largest absolute Gasteiger partial charge is 0.481 e. The molecule has 0 unspecified atom stereocenters. The Morgan fingerprint density at radius 3 is 2.52 bits per heavy atom. The van der Waals surface area contributed by atoms with E-state index in [1.165, 1.54) is 4.90 Å². The van der Waals surface area contributed by atoms with Crippen LogP contribution < -0.4 is 10.2 Å². The Kier molecular flexibility index (Phi) is 7.68. The van der Waals surface area contributed by atoms with Gasteiger partial charge < -0.3 is 10.4 Å². The quantitative estimate of drug-likeness (QED) is 0.724. The van der Waals surface area contributed by atoms with Crippen molar-refractivity contribution in [3.05, 3.63) is 29.8 Å². The van der Waals surface area contributed by atoms with Crippen molar-refractivity contribution in [2.24, 2.45) is 0 Å². The van der Waals surface area contributed by atoms with Gasteiger partial charge in [0, 0.05) is 18.8 Å². The van der Waals surface area contributed by atoms with Gasteiger partial charge in [-0.1, -0.05) is 17.7 Å². The lowest BCUT2D eigenvalue weighted by molar-refractivity contribution is -0.136. The van der Waals surface area contributed by atoms with Crippen LogP contribution in [0, 0.1) is 6.92 Å². The average molecular weight is 310 g/mol. The highest BCUT2D eigenvalue weighted by molar-refractivity contribution is 7.98. The summed E-state index contributed by atoms with van der Waals surface area (Å²) in [5.74, 6) is 0.0715. The molecule has 0 heterocycles. The monoisotopic (exact) mass is 310 g/mol. The average Bonchev–Trinajstić information content (AvgIpc) is 2.45. The molecule has 0 radical (unpaired) electrons. The number of carbonyl (C=O) groups is 2. The van der Waals surface area contributed by atoms with Gasteiger partial charge in [0.15, 0.2) is 0 Å². The zero-order valence-electron chi connectivity index (χ0n) is 12.5. The van der Waals surface area contributed by atoms with Gasteiger partial charge in [0.05, 0.1) is 6.42 Å². The molecule has 0 bridgehead atoms. The molecule has 0 spiro atoms. The molecule has 6 heteroatoms. The lowest BCUT2D eigenvalue weighted by Crippen LogP contribution is -2.41. The van der Waals surface area contributed by atoms with Crippen LogP contribution >= 0.6 is 11.8 Å².